The van der Waals surface area contributed by atoms with Crippen LogP contribution in [0.5, 0.6) is 11.5 Å². The summed E-state index contributed by atoms with van der Waals surface area (Å²) in [5.74, 6) is 1.40. The Morgan fingerprint density at radius 3 is 2.29 bits per heavy atom. The molecule has 76 valence electrons. The molecule has 0 saturated carbocycles. The second-order valence-electron chi connectivity index (χ2n) is 2.24. The number of halogens is 1. The van der Waals surface area contributed by atoms with E-state index in [0.29, 0.717) is 11.4 Å². The Hall–Kier alpha value is -1.16. The third-order valence-electron chi connectivity index (χ3n) is 1.46. The van der Waals surface area contributed by atoms with Crippen molar-refractivity contribution < 1.29 is 9.47 Å². The van der Waals surface area contributed by atoms with Crippen LogP contribution >= 0.6 is 22.6 Å². The molecule has 0 aliphatic heterocycles. The van der Waals surface area contributed by atoms with Gasteiger partial charge in [0.05, 0.1) is 17.8 Å². The van der Waals surface area contributed by atoms with E-state index in [9.17, 15) is 0 Å². The van der Waals surface area contributed by atoms with Gasteiger partial charge in [0.1, 0.15) is 0 Å². The first-order valence-electron chi connectivity index (χ1n) is 3.62. The number of ether oxygens (including phenoxy) is 2. The number of methoxy groups -OCH3 is 2. The summed E-state index contributed by atoms with van der Waals surface area (Å²) in [5, 5.41) is 6.50. The molecule has 4 nitrogen and oxygen atoms in total. The standard InChI is InChI=1S/C8H10INO2.CHN/c1-11-7-4-5(10)3-6(9)8(7)12-2;1-2/h3-4H,10H2,1-2H3;1H. The number of nitriles is 1. The van der Waals surface area contributed by atoms with Crippen molar-refractivity contribution in [1.82, 2.24) is 0 Å². The number of hydrogen-bond acceptors (Lipinski definition) is 4. The van der Waals surface area contributed by atoms with Gasteiger partial charge in [-0.3, -0.25) is 0 Å². The molecule has 1 rings (SSSR count). The molecule has 0 aliphatic carbocycles. The highest BCUT2D eigenvalue weighted by molar-refractivity contribution is 14.1. The molecule has 0 spiro atoms. The summed E-state index contributed by atoms with van der Waals surface area (Å²) < 4.78 is 11.2. The quantitative estimate of drug-likeness (QED) is 0.670. The van der Waals surface area contributed by atoms with Crippen molar-refractivity contribution >= 4 is 28.3 Å². The number of anilines is 1. The highest BCUT2D eigenvalue weighted by Crippen LogP contribution is 2.34. The maximum absolute atomic E-state index is 6.50. The van der Waals surface area contributed by atoms with Crippen molar-refractivity contribution in [2.75, 3.05) is 20.0 Å². The van der Waals surface area contributed by atoms with E-state index in [-0.39, 0.29) is 0 Å². The van der Waals surface area contributed by atoms with Crippen LogP contribution in [0, 0.1) is 15.4 Å². The molecule has 0 saturated heterocycles. The molecule has 0 unspecified atom stereocenters. The zero-order chi connectivity index (χ0) is 11.1. The average molecular weight is 306 g/mol. The maximum atomic E-state index is 6.50. The van der Waals surface area contributed by atoms with Crippen molar-refractivity contribution in [3.63, 3.8) is 0 Å². The fraction of sp³-hybridized carbons (Fsp3) is 0.222. The summed E-state index contributed by atoms with van der Waals surface area (Å²) in [7, 11) is 3.20. The van der Waals surface area contributed by atoms with Gasteiger partial charge in [0.25, 0.3) is 0 Å². The van der Waals surface area contributed by atoms with Gasteiger partial charge in [0.2, 0.25) is 0 Å². The second-order valence-corrected chi connectivity index (χ2v) is 3.40. The van der Waals surface area contributed by atoms with E-state index >= 15 is 0 Å². The summed E-state index contributed by atoms with van der Waals surface area (Å²) in [4.78, 5) is 0. The van der Waals surface area contributed by atoms with Gasteiger partial charge in [-0.15, -0.1) is 0 Å². The highest BCUT2D eigenvalue weighted by atomic mass is 127. The largest absolute Gasteiger partial charge is 0.493 e. The average Bonchev–Trinajstić information content (AvgIpc) is 2.19. The van der Waals surface area contributed by atoms with Crippen LogP contribution in [0.25, 0.3) is 0 Å². The molecule has 0 bridgehead atoms. The normalized spacial score (nSPS) is 8.36. The highest BCUT2D eigenvalue weighted by Gasteiger charge is 2.08. The van der Waals surface area contributed by atoms with Gasteiger partial charge < -0.3 is 15.2 Å². The van der Waals surface area contributed by atoms with Gasteiger partial charge in [-0.25, -0.2) is 5.26 Å². The van der Waals surface area contributed by atoms with E-state index < -0.39 is 0 Å². The van der Waals surface area contributed by atoms with E-state index in [0.717, 1.165) is 9.32 Å². The number of nitrogen functional groups attached to an aromatic ring is 1. The Morgan fingerprint density at radius 2 is 1.86 bits per heavy atom. The Balaban J connectivity index is 0.000000791. The first-order valence-corrected chi connectivity index (χ1v) is 4.69. The molecule has 5 heteroatoms. The van der Waals surface area contributed by atoms with Crippen LogP contribution in [0.1, 0.15) is 0 Å². The summed E-state index contributed by atoms with van der Waals surface area (Å²) in [6, 6.07) is 3.57. The Labute approximate surface area is 96.8 Å². The van der Waals surface area contributed by atoms with Crippen molar-refractivity contribution in [2.45, 2.75) is 0 Å². The van der Waals surface area contributed by atoms with Crippen molar-refractivity contribution in [2.24, 2.45) is 0 Å². The van der Waals surface area contributed by atoms with Crippen LogP contribution in [-0.4, -0.2) is 14.2 Å². The third-order valence-corrected chi connectivity index (χ3v) is 2.26. The van der Waals surface area contributed by atoms with Gasteiger partial charge in [-0.1, -0.05) is 0 Å². The minimum Gasteiger partial charge on any atom is -0.493 e. The van der Waals surface area contributed by atoms with Gasteiger partial charge in [0.15, 0.2) is 11.5 Å². The molecule has 0 amide bonds. The molecular weight excluding hydrogens is 295 g/mol. The summed E-state index contributed by atoms with van der Waals surface area (Å²) in [6.07, 6.45) is 0. The molecule has 1 aromatic rings. The molecule has 0 atom stereocenters. The molecule has 0 aromatic heterocycles. The molecule has 0 radical (unpaired) electrons. The zero-order valence-corrected chi connectivity index (χ0v) is 10.1. The maximum Gasteiger partial charge on any atom is 0.174 e. The smallest absolute Gasteiger partial charge is 0.174 e. The van der Waals surface area contributed by atoms with Crippen LogP contribution < -0.4 is 15.2 Å². The Morgan fingerprint density at radius 1 is 1.29 bits per heavy atom. The third kappa shape index (κ3) is 2.96. The lowest BCUT2D eigenvalue weighted by molar-refractivity contribution is 0.353. The molecule has 2 N–H and O–H groups in total. The topological polar surface area (TPSA) is 68.3 Å². The van der Waals surface area contributed by atoms with Crippen LogP contribution in [0.15, 0.2) is 12.1 Å². The van der Waals surface area contributed by atoms with Gasteiger partial charge in [0, 0.05) is 18.3 Å². The summed E-state index contributed by atoms with van der Waals surface area (Å²) >= 11 is 2.15. The lowest BCUT2D eigenvalue weighted by Crippen LogP contribution is -1.95. The van der Waals surface area contributed by atoms with Crippen molar-refractivity contribution in [3.05, 3.63) is 15.7 Å². The van der Waals surface area contributed by atoms with Crippen LogP contribution in [-0.2, 0) is 0 Å². The van der Waals surface area contributed by atoms with Crippen LogP contribution in [0.2, 0.25) is 0 Å². The monoisotopic (exact) mass is 306 g/mol. The summed E-state index contributed by atoms with van der Waals surface area (Å²) in [5.41, 5.74) is 6.30. The molecule has 0 aliphatic rings. The Bertz CT molecular complexity index is 326. The lowest BCUT2D eigenvalue weighted by Gasteiger charge is -2.09. The molecule has 0 fully saturated rings. The lowest BCUT2D eigenvalue weighted by atomic mass is 10.3. The van der Waals surface area contributed by atoms with E-state index in [2.05, 4.69) is 29.2 Å². The van der Waals surface area contributed by atoms with Gasteiger partial charge >= 0.3 is 0 Å². The minimum atomic E-state index is 0.668. The SMILES string of the molecule is C#N.COc1cc(N)cc(I)c1OC. The van der Waals surface area contributed by atoms with Gasteiger partial charge in [-0.2, -0.15) is 0 Å². The summed E-state index contributed by atoms with van der Waals surface area (Å²) in [6.45, 7) is 3.50. The predicted molar refractivity (Wildman–Crippen MR) is 63.3 cm³/mol. The fourth-order valence-electron chi connectivity index (χ4n) is 0.938. The molecule has 1 aromatic carbocycles. The zero-order valence-electron chi connectivity index (χ0n) is 7.95. The van der Waals surface area contributed by atoms with Crippen LogP contribution in [0.3, 0.4) is 0 Å². The Kier molecular flexibility index (Phi) is 5.79. The second kappa shape index (κ2) is 6.32. The van der Waals surface area contributed by atoms with Crippen molar-refractivity contribution in [3.8, 4) is 18.1 Å². The van der Waals surface area contributed by atoms with E-state index in [1.54, 1.807) is 20.3 Å². The minimum absolute atomic E-state index is 0.668. The number of rotatable bonds is 2. The molecule has 14 heavy (non-hydrogen) atoms. The van der Waals surface area contributed by atoms with Crippen LogP contribution in [0.4, 0.5) is 5.69 Å². The fourth-order valence-corrected chi connectivity index (χ4v) is 1.78. The number of nitrogens with two attached hydrogens (primary N) is 1. The number of benzene rings is 1. The first kappa shape index (κ1) is 12.8. The van der Waals surface area contributed by atoms with E-state index in [1.807, 2.05) is 6.07 Å². The first-order chi connectivity index (χ1) is 6.69. The number of hydrogen-bond donors (Lipinski definition) is 1. The number of nitrogens with zero attached hydrogens (tertiary/aromatic N) is 1. The molecule has 0 heterocycles. The van der Waals surface area contributed by atoms with E-state index in [4.69, 9.17) is 20.5 Å². The van der Waals surface area contributed by atoms with Crippen molar-refractivity contribution in [1.29, 1.82) is 5.26 Å². The molecular formula is C9H11IN2O2. The van der Waals surface area contributed by atoms with Gasteiger partial charge in [-0.05, 0) is 28.7 Å². The predicted octanol–water partition coefficient (Wildman–Crippen LogP) is 2.03. The van der Waals surface area contributed by atoms with E-state index in [1.165, 1.54) is 0 Å².